The molecule has 204 valence electrons. The lowest BCUT2D eigenvalue weighted by molar-refractivity contribution is -0.194. The Labute approximate surface area is 235 Å². The second-order valence-corrected chi connectivity index (χ2v) is 10.9. The molecule has 0 unspecified atom stereocenters. The average Bonchev–Trinajstić information content (AvgIpc) is 3.48. The number of fused-ring (bicyclic) bond motifs is 1. The zero-order chi connectivity index (χ0) is 27.6. The van der Waals surface area contributed by atoms with E-state index in [0.29, 0.717) is 5.56 Å². The SMILES string of the molecule is CC1(C)O[C@@H]2[C@H](O1)[C@@H](COC(c1ccccc1)(c1ccccc1)c1ccccc1)O[C@H]2CC(=O)c1ccccc1. The molecule has 2 saturated heterocycles. The Bertz CT molecular complexity index is 1310. The maximum atomic E-state index is 13.1. The number of ketones is 1. The van der Waals surface area contributed by atoms with E-state index in [-0.39, 0.29) is 31.0 Å². The zero-order valence-electron chi connectivity index (χ0n) is 22.8. The Morgan fingerprint density at radius 3 is 1.57 bits per heavy atom. The van der Waals surface area contributed by atoms with Gasteiger partial charge in [0.2, 0.25) is 0 Å². The van der Waals surface area contributed by atoms with Crippen LogP contribution >= 0.6 is 0 Å². The molecule has 5 heteroatoms. The summed E-state index contributed by atoms with van der Waals surface area (Å²) in [7, 11) is 0. The van der Waals surface area contributed by atoms with Crippen molar-refractivity contribution >= 4 is 5.78 Å². The van der Waals surface area contributed by atoms with E-state index in [0.717, 1.165) is 16.7 Å². The van der Waals surface area contributed by atoms with Crippen molar-refractivity contribution in [1.82, 2.24) is 0 Å². The van der Waals surface area contributed by atoms with Gasteiger partial charge in [-0.3, -0.25) is 4.79 Å². The highest BCUT2D eigenvalue weighted by Gasteiger charge is 2.56. The molecule has 6 rings (SSSR count). The summed E-state index contributed by atoms with van der Waals surface area (Å²) in [6, 6.07) is 40.1. The molecule has 4 aromatic carbocycles. The molecule has 0 saturated carbocycles. The van der Waals surface area contributed by atoms with Crippen LogP contribution in [-0.4, -0.2) is 42.6 Å². The minimum absolute atomic E-state index is 0.0198. The number of hydrogen-bond acceptors (Lipinski definition) is 5. The van der Waals surface area contributed by atoms with Gasteiger partial charge in [0, 0.05) is 12.0 Å². The van der Waals surface area contributed by atoms with Gasteiger partial charge in [-0.15, -0.1) is 0 Å². The highest BCUT2D eigenvalue weighted by molar-refractivity contribution is 5.96. The van der Waals surface area contributed by atoms with E-state index in [1.54, 1.807) is 0 Å². The summed E-state index contributed by atoms with van der Waals surface area (Å²) >= 11 is 0. The summed E-state index contributed by atoms with van der Waals surface area (Å²) in [4.78, 5) is 13.1. The van der Waals surface area contributed by atoms with Gasteiger partial charge in [0.05, 0.1) is 12.7 Å². The van der Waals surface area contributed by atoms with Crippen LogP contribution in [0.3, 0.4) is 0 Å². The molecule has 2 aliphatic heterocycles. The number of carbonyl (C=O) groups is 1. The standard InChI is InChI=1S/C35H34O5/c1-34(2)39-32-30(23-29(36)25-15-7-3-8-16-25)38-31(33(32)40-34)24-37-35(26-17-9-4-10-18-26,27-19-11-5-12-20-27)28-21-13-6-14-22-28/h3-22,30-33H,23-24H2,1-2H3/t30-,31+,32-,33+/m0/s1. The summed E-state index contributed by atoms with van der Waals surface area (Å²) in [5.74, 6) is -0.757. The first kappa shape index (κ1) is 26.6. The largest absolute Gasteiger partial charge is 0.366 e. The molecular weight excluding hydrogens is 500 g/mol. The number of carbonyl (C=O) groups excluding carboxylic acids is 1. The quantitative estimate of drug-likeness (QED) is 0.180. The van der Waals surface area contributed by atoms with Crippen LogP contribution in [0.5, 0.6) is 0 Å². The minimum Gasteiger partial charge on any atom is -0.366 e. The summed E-state index contributed by atoms with van der Waals surface area (Å²) in [6.45, 7) is 4.05. The lowest BCUT2D eigenvalue weighted by Gasteiger charge is -2.37. The first-order valence-corrected chi connectivity index (χ1v) is 13.9. The third-order valence-electron chi connectivity index (χ3n) is 7.73. The molecule has 4 aromatic rings. The number of rotatable bonds is 9. The molecule has 0 N–H and O–H groups in total. The fraction of sp³-hybridized carbons (Fsp3) is 0.286. The van der Waals surface area contributed by atoms with Crippen molar-refractivity contribution in [3.8, 4) is 0 Å². The predicted octanol–water partition coefficient (Wildman–Crippen LogP) is 6.56. The maximum absolute atomic E-state index is 13.1. The van der Waals surface area contributed by atoms with Crippen molar-refractivity contribution in [1.29, 1.82) is 0 Å². The van der Waals surface area contributed by atoms with E-state index in [1.165, 1.54) is 0 Å². The minimum atomic E-state index is -0.879. The van der Waals surface area contributed by atoms with E-state index < -0.39 is 23.6 Å². The molecular formula is C35H34O5. The Hall–Kier alpha value is -3.61. The molecule has 0 amide bonds. The molecule has 40 heavy (non-hydrogen) atoms. The fourth-order valence-electron chi connectivity index (χ4n) is 5.97. The molecule has 2 heterocycles. The van der Waals surface area contributed by atoms with Gasteiger partial charge in [-0.2, -0.15) is 0 Å². The molecule has 4 atom stereocenters. The van der Waals surface area contributed by atoms with Crippen molar-refractivity contribution in [2.75, 3.05) is 6.61 Å². The lowest BCUT2D eigenvalue weighted by atomic mass is 9.80. The van der Waals surface area contributed by atoms with Crippen molar-refractivity contribution in [2.45, 2.75) is 56.1 Å². The smallest absolute Gasteiger partial charge is 0.165 e. The highest BCUT2D eigenvalue weighted by atomic mass is 16.8. The van der Waals surface area contributed by atoms with Crippen molar-refractivity contribution < 1.29 is 23.7 Å². The van der Waals surface area contributed by atoms with Crippen LogP contribution in [0, 0.1) is 0 Å². The molecule has 5 nitrogen and oxygen atoms in total. The number of benzene rings is 4. The predicted molar refractivity (Wildman–Crippen MR) is 153 cm³/mol. The third kappa shape index (κ3) is 5.14. The molecule has 2 aliphatic rings. The number of ether oxygens (including phenoxy) is 4. The normalized spacial score (nSPS) is 23.6. The number of Topliss-reactive ketones (excluding diaryl/α,β-unsaturated/α-hetero) is 1. The molecule has 2 fully saturated rings. The van der Waals surface area contributed by atoms with E-state index in [1.807, 2.05) is 98.8 Å². The van der Waals surface area contributed by atoms with Gasteiger partial charge < -0.3 is 18.9 Å². The molecule has 0 spiro atoms. The second-order valence-electron chi connectivity index (χ2n) is 10.9. The van der Waals surface area contributed by atoms with Gasteiger partial charge in [-0.25, -0.2) is 0 Å². The Balaban J connectivity index is 1.33. The Morgan fingerprint density at radius 2 is 1.10 bits per heavy atom. The Morgan fingerprint density at radius 1 is 0.675 bits per heavy atom. The zero-order valence-corrected chi connectivity index (χ0v) is 22.8. The summed E-state index contributed by atoms with van der Waals surface area (Å²) < 4.78 is 26.2. The maximum Gasteiger partial charge on any atom is 0.165 e. The first-order valence-electron chi connectivity index (χ1n) is 13.9. The number of hydrogen-bond donors (Lipinski definition) is 0. The third-order valence-corrected chi connectivity index (χ3v) is 7.73. The van der Waals surface area contributed by atoms with Crippen LogP contribution in [0.4, 0.5) is 0 Å². The van der Waals surface area contributed by atoms with Gasteiger partial charge >= 0.3 is 0 Å². The van der Waals surface area contributed by atoms with E-state index >= 15 is 0 Å². The van der Waals surface area contributed by atoms with E-state index in [4.69, 9.17) is 18.9 Å². The monoisotopic (exact) mass is 534 g/mol. The highest BCUT2D eigenvalue weighted by Crippen LogP contribution is 2.44. The van der Waals surface area contributed by atoms with E-state index in [2.05, 4.69) is 36.4 Å². The van der Waals surface area contributed by atoms with E-state index in [9.17, 15) is 4.79 Å². The summed E-state index contributed by atoms with van der Waals surface area (Å²) in [5, 5.41) is 0. The van der Waals surface area contributed by atoms with Gasteiger partial charge in [0.1, 0.15) is 23.9 Å². The fourth-order valence-corrected chi connectivity index (χ4v) is 5.97. The molecule has 0 aromatic heterocycles. The topological polar surface area (TPSA) is 54.0 Å². The Kier molecular flexibility index (Phi) is 7.39. The molecule has 0 aliphatic carbocycles. The van der Waals surface area contributed by atoms with Gasteiger partial charge in [0.15, 0.2) is 11.6 Å². The van der Waals surface area contributed by atoms with Crippen molar-refractivity contribution in [2.24, 2.45) is 0 Å². The first-order chi connectivity index (χ1) is 19.5. The van der Waals surface area contributed by atoms with Crippen molar-refractivity contribution in [3.05, 3.63) is 144 Å². The summed E-state index contributed by atoms with van der Waals surface area (Å²) in [5.41, 5.74) is 2.83. The summed E-state index contributed by atoms with van der Waals surface area (Å²) in [6.07, 6.45) is -1.37. The van der Waals surface area contributed by atoms with Crippen molar-refractivity contribution in [3.63, 3.8) is 0 Å². The van der Waals surface area contributed by atoms with Gasteiger partial charge in [-0.1, -0.05) is 121 Å². The van der Waals surface area contributed by atoms with Crippen LogP contribution in [0.15, 0.2) is 121 Å². The molecule has 0 bridgehead atoms. The molecule has 0 radical (unpaired) electrons. The van der Waals surface area contributed by atoms with Crippen LogP contribution in [0.1, 0.15) is 47.3 Å². The van der Waals surface area contributed by atoms with Crippen LogP contribution < -0.4 is 0 Å². The average molecular weight is 535 g/mol. The van der Waals surface area contributed by atoms with Crippen LogP contribution in [0.25, 0.3) is 0 Å². The second kappa shape index (κ2) is 11.1. The lowest BCUT2D eigenvalue weighted by Crippen LogP contribution is -2.39. The van der Waals surface area contributed by atoms with Gasteiger partial charge in [-0.05, 0) is 30.5 Å². The van der Waals surface area contributed by atoms with Gasteiger partial charge in [0.25, 0.3) is 0 Å². The van der Waals surface area contributed by atoms with Crippen LogP contribution in [-0.2, 0) is 24.5 Å². The van der Waals surface area contributed by atoms with Crippen LogP contribution in [0.2, 0.25) is 0 Å².